The quantitative estimate of drug-likeness (QED) is 0.0732. The molecule has 0 fully saturated rings. The largest absolute Gasteiger partial charge is 0.493 e. The molecule has 4 aromatic carbocycles. The van der Waals surface area contributed by atoms with Crippen molar-refractivity contribution in [3.8, 4) is 40.0 Å². The van der Waals surface area contributed by atoms with E-state index in [9.17, 15) is 15.2 Å². The number of carbonyl (C=O) groups is 1. The number of anilines is 2. The second kappa shape index (κ2) is 21.6. The maximum atomic E-state index is 11.9. The van der Waals surface area contributed by atoms with Gasteiger partial charge in [0.05, 0.1) is 34.8 Å². The summed E-state index contributed by atoms with van der Waals surface area (Å²) in [5.41, 5.74) is 6.68. The zero-order chi connectivity index (χ0) is 40.7. The van der Waals surface area contributed by atoms with Crippen molar-refractivity contribution in [2.75, 3.05) is 24.7 Å². The predicted octanol–water partition coefficient (Wildman–Crippen LogP) is 12.2. The number of hydrogen-bond acceptors (Lipinski definition) is 8. The molecule has 5 aromatic rings. The summed E-state index contributed by atoms with van der Waals surface area (Å²) in [6, 6.07) is 31.2. The maximum absolute atomic E-state index is 11.9. The molecule has 1 aromatic heterocycles. The second-order valence-electron chi connectivity index (χ2n) is 14.7. The van der Waals surface area contributed by atoms with Crippen LogP contribution in [0, 0.1) is 11.3 Å². The third-order valence-electron chi connectivity index (χ3n) is 10.3. The third kappa shape index (κ3) is 10.9. The summed E-state index contributed by atoms with van der Waals surface area (Å²) in [6.45, 7) is 8.99. The van der Waals surface area contributed by atoms with Crippen LogP contribution in [-0.2, 0) is 4.79 Å². The molecule has 1 aliphatic rings. The fraction of sp³-hybridized carbons (Fsp3) is 0.367. The lowest BCUT2D eigenvalue weighted by Crippen LogP contribution is -2.22. The first-order valence-corrected chi connectivity index (χ1v) is 22.6. The number of benzene rings is 4. The SMILES string of the molecule is CCCCCCOc1ccc(-c2ccc3c(c2)Sc2cc(/C=c4\s/c(=C(\C#N)C(=O)O)nc4-c4ccccc4)ccc2N3CCCCCC)c(OCCCCCC)c1. The van der Waals surface area contributed by atoms with Gasteiger partial charge in [0.1, 0.15) is 22.2 Å². The molecular weight excluding hydrogens is 759 g/mol. The van der Waals surface area contributed by atoms with Crippen molar-refractivity contribution in [1.82, 2.24) is 4.98 Å². The molecule has 7 nitrogen and oxygen atoms in total. The highest BCUT2D eigenvalue weighted by molar-refractivity contribution is 7.99. The first-order chi connectivity index (χ1) is 28.4. The molecule has 0 unspecified atom stereocenters. The Morgan fingerprint density at radius 3 is 2.12 bits per heavy atom. The van der Waals surface area contributed by atoms with Gasteiger partial charge in [0.2, 0.25) is 0 Å². The number of carboxylic acids is 1. The van der Waals surface area contributed by atoms with Crippen molar-refractivity contribution >= 4 is 52.1 Å². The first-order valence-electron chi connectivity index (χ1n) is 21.0. The standard InChI is InChI=1S/C49H55N3O4S2/c1-4-7-10-16-27-52-41-25-21-35(31-46-47(36-19-14-13-15-20-36)51-48(58-46)40(34-50)49(53)54)30-44(41)57-45-32-37(22-26-42(45)52)39-24-23-38(55-28-17-11-8-5-2)33-43(39)56-29-18-12-9-6-3/h13-15,19-26,30-33H,4-12,16-18,27-29H2,1-3H3,(H,53,54)/b46-31-,48-40+. The number of fused-ring (bicyclic) bond motifs is 2. The highest BCUT2D eigenvalue weighted by Gasteiger charge is 2.25. The van der Waals surface area contributed by atoms with Crippen molar-refractivity contribution < 1.29 is 19.4 Å². The molecule has 6 rings (SSSR count). The van der Waals surface area contributed by atoms with E-state index in [1.165, 1.54) is 79.0 Å². The van der Waals surface area contributed by atoms with Crippen LogP contribution in [0.2, 0.25) is 0 Å². The van der Waals surface area contributed by atoms with Crippen LogP contribution in [0.15, 0.2) is 94.7 Å². The number of aromatic nitrogens is 1. The number of aliphatic carboxylic acids is 1. The topological polar surface area (TPSA) is 95.7 Å². The summed E-state index contributed by atoms with van der Waals surface area (Å²) in [6.07, 6.45) is 15.9. The van der Waals surface area contributed by atoms with E-state index >= 15 is 0 Å². The van der Waals surface area contributed by atoms with Crippen LogP contribution in [0.5, 0.6) is 11.5 Å². The average molecular weight is 814 g/mol. The lowest BCUT2D eigenvalue weighted by Gasteiger charge is -2.33. The van der Waals surface area contributed by atoms with E-state index in [1.54, 1.807) is 11.8 Å². The van der Waals surface area contributed by atoms with Crippen LogP contribution < -0.4 is 23.6 Å². The molecule has 9 heteroatoms. The number of rotatable bonds is 21. The smallest absolute Gasteiger partial charge is 0.349 e. The van der Waals surface area contributed by atoms with Crippen LogP contribution in [0.3, 0.4) is 0 Å². The number of carboxylic acid groups (broad SMARTS) is 1. The number of thiazole rings is 1. The molecule has 0 saturated carbocycles. The Hall–Kier alpha value is -5.04. The van der Waals surface area contributed by atoms with Crippen LogP contribution >= 0.6 is 23.1 Å². The molecule has 0 saturated heterocycles. The molecule has 0 radical (unpaired) electrons. The Morgan fingerprint density at radius 2 is 1.43 bits per heavy atom. The third-order valence-corrected chi connectivity index (χ3v) is 12.4. The lowest BCUT2D eigenvalue weighted by atomic mass is 10.0. The molecule has 0 amide bonds. The Kier molecular flexibility index (Phi) is 15.9. The van der Waals surface area contributed by atoms with Gasteiger partial charge in [-0.15, -0.1) is 11.3 Å². The van der Waals surface area contributed by atoms with Crippen LogP contribution in [0.25, 0.3) is 34.0 Å². The number of nitrogens with zero attached hydrogens (tertiary/aromatic N) is 3. The molecule has 0 spiro atoms. The highest BCUT2D eigenvalue weighted by atomic mass is 32.2. The van der Waals surface area contributed by atoms with Crippen LogP contribution in [0.1, 0.15) is 103 Å². The lowest BCUT2D eigenvalue weighted by molar-refractivity contribution is -0.130. The average Bonchev–Trinajstić information content (AvgIpc) is 3.64. The van der Waals surface area contributed by atoms with E-state index in [4.69, 9.17) is 9.47 Å². The molecule has 2 heterocycles. The van der Waals surface area contributed by atoms with Gasteiger partial charge in [0, 0.05) is 33.5 Å². The molecule has 0 aliphatic carbocycles. The minimum atomic E-state index is -1.28. The Morgan fingerprint density at radius 1 is 0.759 bits per heavy atom. The molecule has 0 bridgehead atoms. The number of ether oxygens (including phenoxy) is 2. The Balaban J connectivity index is 1.37. The zero-order valence-electron chi connectivity index (χ0n) is 34.1. The van der Waals surface area contributed by atoms with E-state index < -0.39 is 5.97 Å². The highest BCUT2D eigenvalue weighted by Crippen LogP contribution is 2.50. The normalized spacial score (nSPS) is 12.8. The van der Waals surface area contributed by atoms with Gasteiger partial charge in [0.15, 0.2) is 5.57 Å². The van der Waals surface area contributed by atoms with Crippen molar-refractivity contribution in [3.05, 3.63) is 99.7 Å². The van der Waals surface area contributed by atoms with Crippen LogP contribution in [0.4, 0.5) is 11.4 Å². The van der Waals surface area contributed by atoms with E-state index in [0.29, 0.717) is 18.9 Å². The van der Waals surface area contributed by atoms with Gasteiger partial charge >= 0.3 is 5.97 Å². The van der Waals surface area contributed by atoms with Gasteiger partial charge in [-0.3, -0.25) is 0 Å². The van der Waals surface area contributed by atoms with E-state index in [1.807, 2.05) is 36.4 Å². The van der Waals surface area contributed by atoms with Gasteiger partial charge < -0.3 is 19.5 Å². The molecule has 0 atom stereocenters. The van der Waals surface area contributed by atoms with Crippen molar-refractivity contribution in [2.24, 2.45) is 0 Å². The monoisotopic (exact) mass is 813 g/mol. The molecule has 1 aliphatic heterocycles. The number of nitriles is 1. The van der Waals surface area contributed by atoms with Gasteiger partial charge in [-0.05, 0) is 72.9 Å². The van der Waals surface area contributed by atoms with Crippen molar-refractivity contribution in [1.29, 1.82) is 5.26 Å². The Bertz CT molecular complexity index is 2310. The summed E-state index contributed by atoms with van der Waals surface area (Å²) in [5.74, 6) is 0.424. The van der Waals surface area contributed by atoms with E-state index in [0.717, 1.165) is 75.4 Å². The summed E-state index contributed by atoms with van der Waals surface area (Å²) in [4.78, 5) is 21.4. The van der Waals surface area contributed by atoms with E-state index in [2.05, 4.69) is 91.3 Å². The minimum absolute atomic E-state index is 0.197. The Labute approximate surface area is 352 Å². The van der Waals surface area contributed by atoms with Gasteiger partial charge in [-0.2, -0.15) is 5.26 Å². The molecule has 58 heavy (non-hydrogen) atoms. The molecule has 1 N–H and O–H groups in total. The summed E-state index contributed by atoms with van der Waals surface area (Å²) in [7, 11) is 0. The van der Waals surface area contributed by atoms with Gasteiger partial charge in [0.25, 0.3) is 0 Å². The van der Waals surface area contributed by atoms with Crippen molar-refractivity contribution in [3.63, 3.8) is 0 Å². The fourth-order valence-electron chi connectivity index (χ4n) is 7.16. The van der Waals surface area contributed by atoms with E-state index in [-0.39, 0.29) is 10.2 Å². The molecule has 302 valence electrons. The summed E-state index contributed by atoms with van der Waals surface area (Å²) < 4.78 is 13.7. The first kappa shape index (κ1) is 42.6. The predicted molar refractivity (Wildman–Crippen MR) is 240 cm³/mol. The molecular formula is C49H55N3O4S2. The maximum Gasteiger partial charge on any atom is 0.349 e. The second-order valence-corrected chi connectivity index (χ2v) is 16.8. The summed E-state index contributed by atoms with van der Waals surface area (Å²) >= 11 is 3.00. The number of hydrogen-bond donors (Lipinski definition) is 1. The number of unbranched alkanes of at least 4 members (excludes halogenated alkanes) is 9. The fourth-order valence-corrected chi connectivity index (χ4v) is 9.37. The van der Waals surface area contributed by atoms with Crippen LogP contribution in [-0.4, -0.2) is 35.8 Å². The van der Waals surface area contributed by atoms with Crippen molar-refractivity contribution in [2.45, 2.75) is 108 Å². The minimum Gasteiger partial charge on any atom is -0.493 e. The summed E-state index contributed by atoms with van der Waals surface area (Å²) in [5, 5.41) is 19.4. The van der Waals surface area contributed by atoms with Gasteiger partial charge in [-0.1, -0.05) is 133 Å². The zero-order valence-corrected chi connectivity index (χ0v) is 35.7. The van der Waals surface area contributed by atoms with Gasteiger partial charge in [-0.25, -0.2) is 9.78 Å².